The lowest BCUT2D eigenvalue weighted by molar-refractivity contribution is -0.131. The predicted molar refractivity (Wildman–Crippen MR) is 68.2 cm³/mol. The summed E-state index contributed by atoms with van der Waals surface area (Å²) in [6, 6.07) is 6.49. The van der Waals surface area contributed by atoms with Crippen molar-refractivity contribution in [1.82, 2.24) is 25.1 Å². The number of carbonyl (C=O) groups is 1. The first kappa shape index (κ1) is 12.7. The highest BCUT2D eigenvalue weighted by molar-refractivity contribution is 5.76. The molecule has 2 heterocycles. The van der Waals surface area contributed by atoms with Crippen LogP contribution in [0.1, 0.15) is 17.9 Å². The Labute approximate surface area is 115 Å². The van der Waals surface area contributed by atoms with Crippen molar-refractivity contribution in [1.29, 1.82) is 0 Å². The molecule has 1 saturated heterocycles. The van der Waals surface area contributed by atoms with Crippen LogP contribution in [-0.2, 0) is 11.3 Å². The van der Waals surface area contributed by atoms with E-state index in [-0.39, 0.29) is 24.2 Å². The molecule has 2 aromatic rings. The summed E-state index contributed by atoms with van der Waals surface area (Å²) in [6.07, 6.45) is 2.32. The fourth-order valence-corrected chi connectivity index (χ4v) is 2.49. The molecule has 6 nitrogen and oxygen atoms in total. The zero-order chi connectivity index (χ0) is 13.9. The Kier molecular flexibility index (Phi) is 3.41. The van der Waals surface area contributed by atoms with Crippen LogP contribution in [0.4, 0.5) is 4.39 Å². The smallest absolute Gasteiger partial charge is 0.244 e. The molecule has 1 aliphatic heterocycles. The molecular formula is C13H14FN5O. The van der Waals surface area contributed by atoms with Gasteiger partial charge in [-0.05, 0) is 34.5 Å². The Morgan fingerprint density at radius 2 is 2.15 bits per heavy atom. The maximum atomic E-state index is 12.9. The van der Waals surface area contributed by atoms with Crippen LogP contribution >= 0.6 is 0 Å². The van der Waals surface area contributed by atoms with E-state index in [2.05, 4.69) is 15.5 Å². The van der Waals surface area contributed by atoms with Gasteiger partial charge < -0.3 is 4.90 Å². The number of likely N-dealkylation sites (tertiary alicyclic amines) is 1. The highest BCUT2D eigenvalue weighted by atomic mass is 19.1. The second-order valence-electron chi connectivity index (χ2n) is 4.88. The molecule has 104 valence electrons. The molecule has 0 bridgehead atoms. The number of halogens is 1. The Bertz CT molecular complexity index is 583. The van der Waals surface area contributed by atoms with Gasteiger partial charge in [0.2, 0.25) is 5.91 Å². The number of carbonyl (C=O) groups excluding carboxylic acids is 1. The van der Waals surface area contributed by atoms with Gasteiger partial charge in [0.1, 0.15) is 18.7 Å². The van der Waals surface area contributed by atoms with Gasteiger partial charge >= 0.3 is 0 Å². The Morgan fingerprint density at radius 3 is 2.85 bits per heavy atom. The van der Waals surface area contributed by atoms with Gasteiger partial charge in [0.25, 0.3) is 0 Å². The number of hydrogen-bond donors (Lipinski definition) is 0. The minimum Gasteiger partial charge on any atom is -0.340 e. The van der Waals surface area contributed by atoms with E-state index in [0.29, 0.717) is 13.1 Å². The van der Waals surface area contributed by atoms with Crippen LogP contribution in [0, 0.1) is 5.82 Å². The number of rotatable bonds is 3. The molecule has 1 fully saturated rings. The van der Waals surface area contributed by atoms with Gasteiger partial charge in [-0.25, -0.2) is 9.07 Å². The van der Waals surface area contributed by atoms with Crippen molar-refractivity contribution in [2.24, 2.45) is 0 Å². The SMILES string of the molecule is O=C(Cn1cnnn1)N1CC[C@H](c2ccc(F)cc2)C1. The summed E-state index contributed by atoms with van der Waals surface area (Å²) in [5.74, 6) is 0.0358. The minimum absolute atomic E-state index is 0.00177. The molecule has 3 rings (SSSR count). The lowest BCUT2D eigenvalue weighted by atomic mass is 9.99. The molecule has 1 amide bonds. The van der Waals surface area contributed by atoms with E-state index >= 15 is 0 Å². The molecule has 7 heteroatoms. The predicted octanol–water partition coefficient (Wildman–Crippen LogP) is 0.828. The van der Waals surface area contributed by atoms with E-state index in [1.165, 1.54) is 23.1 Å². The van der Waals surface area contributed by atoms with Gasteiger partial charge in [0, 0.05) is 19.0 Å². The van der Waals surface area contributed by atoms with Crippen LogP contribution in [-0.4, -0.2) is 44.1 Å². The molecule has 0 radical (unpaired) electrons. The van der Waals surface area contributed by atoms with Crippen LogP contribution in [0.15, 0.2) is 30.6 Å². The molecule has 20 heavy (non-hydrogen) atoms. The summed E-state index contributed by atoms with van der Waals surface area (Å²) in [6.45, 7) is 1.53. The number of aromatic nitrogens is 4. The minimum atomic E-state index is -0.238. The Morgan fingerprint density at radius 1 is 1.35 bits per heavy atom. The molecular weight excluding hydrogens is 261 g/mol. The Hall–Kier alpha value is -2.31. The summed E-state index contributed by atoms with van der Waals surface area (Å²) in [7, 11) is 0. The van der Waals surface area contributed by atoms with Crippen molar-refractivity contribution in [2.75, 3.05) is 13.1 Å². The summed E-state index contributed by atoms with van der Waals surface area (Å²) in [5, 5.41) is 10.7. The molecule has 0 spiro atoms. The molecule has 0 N–H and O–H groups in total. The van der Waals surface area contributed by atoms with Crippen molar-refractivity contribution < 1.29 is 9.18 Å². The maximum Gasteiger partial charge on any atom is 0.244 e. The van der Waals surface area contributed by atoms with Crippen LogP contribution in [0.25, 0.3) is 0 Å². The van der Waals surface area contributed by atoms with Crippen molar-refractivity contribution >= 4 is 5.91 Å². The van der Waals surface area contributed by atoms with E-state index in [0.717, 1.165) is 12.0 Å². The second-order valence-corrected chi connectivity index (χ2v) is 4.88. The van der Waals surface area contributed by atoms with E-state index in [9.17, 15) is 9.18 Å². The first-order valence-corrected chi connectivity index (χ1v) is 6.46. The first-order chi connectivity index (χ1) is 9.72. The molecule has 1 aromatic heterocycles. The highest BCUT2D eigenvalue weighted by Gasteiger charge is 2.27. The van der Waals surface area contributed by atoms with E-state index in [1.807, 2.05) is 0 Å². The summed E-state index contributed by atoms with van der Waals surface area (Å²) in [4.78, 5) is 13.9. The van der Waals surface area contributed by atoms with Gasteiger partial charge in [-0.1, -0.05) is 12.1 Å². The van der Waals surface area contributed by atoms with E-state index < -0.39 is 0 Å². The first-order valence-electron chi connectivity index (χ1n) is 6.46. The monoisotopic (exact) mass is 275 g/mol. The largest absolute Gasteiger partial charge is 0.340 e. The third-order valence-corrected chi connectivity index (χ3v) is 3.57. The zero-order valence-corrected chi connectivity index (χ0v) is 10.8. The molecule has 0 unspecified atom stereocenters. The fourth-order valence-electron chi connectivity index (χ4n) is 2.49. The normalized spacial score (nSPS) is 18.4. The molecule has 1 atom stereocenters. The molecule has 0 aliphatic carbocycles. The van der Waals surface area contributed by atoms with E-state index in [1.54, 1.807) is 17.0 Å². The average Bonchev–Trinajstić information content (AvgIpc) is 3.10. The second kappa shape index (κ2) is 5.36. The van der Waals surface area contributed by atoms with Gasteiger partial charge in [-0.2, -0.15) is 0 Å². The lowest BCUT2D eigenvalue weighted by Crippen LogP contribution is -2.31. The molecule has 0 saturated carbocycles. The lowest BCUT2D eigenvalue weighted by Gasteiger charge is -2.16. The number of nitrogens with zero attached hydrogens (tertiary/aromatic N) is 5. The van der Waals surface area contributed by atoms with Crippen LogP contribution < -0.4 is 0 Å². The van der Waals surface area contributed by atoms with Crippen molar-refractivity contribution in [3.8, 4) is 0 Å². The average molecular weight is 275 g/mol. The van der Waals surface area contributed by atoms with Crippen LogP contribution in [0.5, 0.6) is 0 Å². The third kappa shape index (κ3) is 2.66. The number of amides is 1. The third-order valence-electron chi connectivity index (χ3n) is 3.57. The maximum absolute atomic E-state index is 12.9. The standard InChI is InChI=1S/C13H14FN5O/c14-12-3-1-10(2-4-12)11-5-6-18(7-11)13(20)8-19-9-15-16-17-19/h1-4,9,11H,5-8H2/t11-/m0/s1. The molecule has 1 aliphatic rings. The summed E-state index contributed by atoms with van der Waals surface area (Å²) < 4.78 is 14.3. The van der Waals surface area contributed by atoms with Crippen molar-refractivity contribution in [2.45, 2.75) is 18.9 Å². The van der Waals surface area contributed by atoms with Gasteiger partial charge in [-0.15, -0.1) is 5.10 Å². The summed E-state index contributed by atoms with van der Waals surface area (Å²) >= 11 is 0. The van der Waals surface area contributed by atoms with E-state index in [4.69, 9.17) is 0 Å². The van der Waals surface area contributed by atoms with Gasteiger partial charge in [0.05, 0.1) is 0 Å². The summed E-state index contributed by atoms with van der Waals surface area (Å²) in [5.41, 5.74) is 1.07. The van der Waals surface area contributed by atoms with Gasteiger partial charge in [-0.3, -0.25) is 4.79 Å². The Balaban J connectivity index is 1.61. The number of benzene rings is 1. The zero-order valence-electron chi connectivity index (χ0n) is 10.8. The molecule has 1 aromatic carbocycles. The number of hydrogen-bond acceptors (Lipinski definition) is 4. The quantitative estimate of drug-likeness (QED) is 0.832. The number of tetrazole rings is 1. The highest BCUT2D eigenvalue weighted by Crippen LogP contribution is 2.27. The van der Waals surface area contributed by atoms with Crippen molar-refractivity contribution in [3.63, 3.8) is 0 Å². The van der Waals surface area contributed by atoms with Gasteiger partial charge in [0.15, 0.2) is 0 Å². The fraction of sp³-hybridized carbons (Fsp3) is 0.385. The van der Waals surface area contributed by atoms with Crippen LogP contribution in [0.2, 0.25) is 0 Å². The van der Waals surface area contributed by atoms with Crippen LogP contribution in [0.3, 0.4) is 0 Å². The van der Waals surface area contributed by atoms with Crippen molar-refractivity contribution in [3.05, 3.63) is 42.0 Å². The topological polar surface area (TPSA) is 63.9 Å².